The van der Waals surface area contributed by atoms with E-state index in [4.69, 9.17) is 14.9 Å². The maximum Gasteiger partial charge on any atom is 0.198 e. The summed E-state index contributed by atoms with van der Waals surface area (Å²) in [4.78, 5) is 8.20. The third-order valence-electron chi connectivity index (χ3n) is 2.66. The Balaban J connectivity index is 1.98. The molecule has 2 aromatic heterocycles. The van der Waals surface area contributed by atoms with Crippen LogP contribution in [0.1, 0.15) is 29.1 Å². The molecule has 0 aliphatic heterocycles. The van der Waals surface area contributed by atoms with Gasteiger partial charge in [0.2, 0.25) is 0 Å². The average molecular weight is 276 g/mol. The maximum atomic E-state index is 9.88. The first kappa shape index (κ1) is 14.5. The number of hydrogen-bond acceptors (Lipinski definition) is 6. The van der Waals surface area contributed by atoms with Crippen LogP contribution in [0.2, 0.25) is 0 Å². The molecule has 0 aromatic carbocycles. The van der Waals surface area contributed by atoms with E-state index in [2.05, 4.69) is 9.97 Å². The molecule has 1 unspecified atom stereocenters. The third kappa shape index (κ3) is 3.82. The quantitative estimate of drug-likeness (QED) is 0.671. The minimum Gasteiger partial charge on any atom is -0.390 e. The SMILES string of the molecule is OCc1cccc(COC(O)c2cccc(CO)n2)n1. The van der Waals surface area contributed by atoms with Crippen molar-refractivity contribution in [2.75, 3.05) is 0 Å². The molecule has 2 rings (SSSR count). The van der Waals surface area contributed by atoms with Crippen molar-refractivity contribution in [2.45, 2.75) is 26.1 Å². The van der Waals surface area contributed by atoms with Crippen LogP contribution in [0.4, 0.5) is 0 Å². The molecular weight excluding hydrogens is 260 g/mol. The molecule has 2 heterocycles. The molecule has 0 aliphatic carbocycles. The van der Waals surface area contributed by atoms with E-state index in [1.807, 2.05) is 0 Å². The number of aliphatic hydroxyl groups is 3. The van der Waals surface area contributed by atoms with E-state index in [9.17, 15) is 5.11 Å². The van der Waals surface area contributed by atoms with Crippen molar-refractivity contribution in [3.05, 3.63) is 59.2 Å². The van der Waals surface area contributed by atoms with Gasteiger partial charge in [-0.25, -0.2) is 0 Å². The second-order valence-electron chi connectivity index (χ2n) is 4.15. The first-order valence-electron chi connectivity index (χ1n) is 6.15. The van der Waals surface area contributed by atoms with E-state index in [0.29, 0.717) is 22.8 Å². The smallest absolute Gasteiger partial charge is 0.198 e. The highest BCUT2D eigenvalue weighted by atomic mass is 16.6. The summed E-state index contributed by atoms with van der Waals surface area (Å²) in [6.45, 7) is -0.239. The van der Waals surface area contributed by atoms with Crippen molar-refractivity contribution < 1.29 is 20.1 Å². The van der Waals surface area contributed by atoms with Gasteiger partial charge in [0.25, 0.3) is 0 Å². The molecule has 106 valence electrons. The van der Waals surface area contributed by atoms with Crippen molar-refractivity contribution in [3.63, 3.8) is 0 Å². The van der Waals surface area contributed by atoms with Crippen LogP contribution in [-0.4, -0.2) is 25.3 Å². The summed E-state index contributed by atoms with van der Waals surface area (Å²) in [5.74, 6) is 0. The number of nitrogens with zero attached hydrogens (tertiary/aromatic N) is 2. The lowest BCUT2D eigenvalue weighted by atomic mass is 10.3. The van der Waals surface area contributed by atoms with Gasteiger partial charge in [0, 0.05) is 0 Å². The van der Waals surface area contributed by atoms with Gasteiger partial charge in [-0.15, -0.1) is 0 Å². The van der Waals surface area contributed by atoms with Gasteiger partial charge < -0.3 is 20.1 Å². The fourth-order valence-electron chi connectivity index (χ4n) is 1.67. The molecule has 2 aromatic rings. The Morgan fingerprint density at radius 2 is 1.50 bits per heavy atom. The molecule has 20 heavy (non-hydrogen) atoms. The Bertz CT molecular complexity index is 562. The van der Waals surface area contributed by atoms with Crippen LogP contribution in [0.5, 0.6) is 0 Å². The first-order valence-corrected chi connectivity index (χ1v) is 6.15. The fourth-order valence-corrected chi connectivity index (χ4v) is 1.67. The van der Waals surface area contributed by atoms with Gasteiger partial charge >= 0.3 is 0 Å². The second-order valence-corrected chi connectivity index (χ2v) is 4.15. The van der Waals surface area contributed by atoms with Crippen LogP contribution in [-0.2, 0) is 24.6 Å². The minimum atomic E-state index is -1.19. The molecule has 0 spiro atoms. The predicted molar refractivity (Wildman–Crippen MR) is 70.1 cm³/mol. The molecule has 0 aliphatic rings. The lowest BCUT2D eigenvalue weighted by molar-refractivity contribution is -0.115. The van der Waals surface area contributed by atoms with E-state index in [1.165, 1.54) is 0 Å². The van der Waals surface area contributed by atoms with E-state index in [0.717, 1.165) is 0 Å². The Morgan fingerprint density at radius 3 is 2.20 bits per heavy atom. The maximum absolute atomic E-state index is 9.88. The molecule has 3 N–H and O–H groups in total. The van der Waals surface area contributed by atoms with Crippen LogP contribution in [0, 0.1) is 0 Å². The van der Waals surface area contributed by atoms with Gasteiger partial charge in [-0.3, -0.25) is 9.97 Å². The number of hydrogen-bond donors (Lipinski definition) is 3. The Hall–Kier alpha value is -1.86. The van der Waals surface area contributed by atoms with Gasteiger partial charge in [-0.1, -0.05) is 12.1 Å². The van der Waals surface area contributed by atoms with E-state index in [-0.39, 0.29) is 19.8 Å². The second kappa shape index (κ2) is 7.06. The summed E-state index contributed by atoms with van der Waals surface area (Å²) in [5, 5.41) is 27.9. The minimum absolute atomic E-state index is 0.0973. The number of pyridine rings is 2. The number of aromatic nitrogens is 2. The van der Waals surface area contributed by atoms with Crippen LogP contribution >= 0.6 is 0 Å². The monoisotopic (exact) mass is 276 g/mol. The molecule has 1 atom stereocenters. The normalized spacial score (nSPS) is 12.3. The largest absolute Gasteiger partial charge is 0.390 e. The Labute approximate surface area is 116 Å². The van der Waals surface area contributed by atoms with Gasteiger partial charge in [0.15, 0.2) is 6.29 Å². The van der Waals surface area contributed by atoms with E-state index >= 15 is 0 Å². The van der Waals surface area contributed by atoms with Crippen molar-refractivity contribution in [1.29, 1.82) is 0 Å². The standard InChI is InChI=1S/C14H16N2O4/c17-7-10-3-1-5-12(15-10)9-20-14(19)13-6-2-4-11(8-18)16-13/h1-6,14,17-19H,7-9H2. The van der Waals surface area contributed by atoms with Crippen molar-refractivity contribution in [2.24, 2.45) is 0 Å². The van der Waals surface area contributed by atoms with Crippen LogP contribution in [0.3, 0.4) is 0 Å². The van der Waals surface area contributed by atoms with Gasteiger partial charge in [-0.2, -0.15) is 0 Å². The lowest BCUT2D eigenvalue weighted by Crippen LogP contribution is -2.08. The summed E-state index contributed by atoms with van der Waals surface area (Å²) in [6, 6.07) is 10.2. The summed E-state index contributed by atoms with van der Waals surface area (Å²) < 4.78 is 5.28. The summed E-state index contributed by atoms with van der Waals surface area (Å²) >= 11 is 0. The third-order valence-corrected chi connectivity index (χ3v) is 2.66. The summed E-state index contributed by atoms with van der Waals surface area (Å²) in [5.41, 5.74) is 1.94. The first-order chi connectivity index (χ1) is 9.72. The van der Waals surface area contributed by atoms with Crippen molar-refractivity contribution in [1.82, 2.24) is 9.97 Å². The lowest BCUT2D eigenvalue weighted by Gasteiger charge is -2.12. The topological polar surface area (TPSA) is 95.7 Å². The molecule has 6 nitrogen and oxygen atoms in total. The number of ether oxygens (including phenoxy) is 1. The molecule has 6 heteroatoms. The highest BCUT2D eigenvalue weighted by Gasteiger charge is 2.10. The highest BCUT2D eigenvalue weighted by Crippen LogP contribution is 2.14. The molecular formula is C14H16N2O4. The number of aliphatic hydroxyl groups excluding tert-OH is 3. The summed E-state index contributed by atoms with van der Waals surface area (Å²) in [7, 11) is 0. The average Bonchev–Trinajstić information content (AvgIpc) is 2.52. The molecule has 0 bridgehead atoms. The van der Waals surface area contributed by atoms with Crippen molar-refractivity contribution in [3.8, 4) is 0 Å². The molecule has 0 radical (unpaired) electrons. The molecule has 0 amide bonds. The van der Waals surface area contributed by atoms with E-state index < -0.39 is 6.29 Å². The van der Waals surface area contributed by atoms with Crippen molar-refractivity contribution >= 4 is 0 Å². The molecule has 0 fully saturated rings. The van der Waals surface area contributed by atoms with Gasteiger partial charge in [0.1, 0.15) is 0 Å². The zero-order chi connectivity index (χ0) is 14.4. The molecule has 0 saturated heterocycles. The van der Waals surface area contributed by atoms with Gasteiger partial charge in [0.05, 0.1) is 42.6 Å². The zero-order valence-electron chi connectivity index (χ0n) is 10.8. The Kier molecular flexibility index (Phi) is 5.14. The van der Waals surface area contributed by atoms with E-state index in [1.54, 1.807) is 36.4 Å². The van der Waals surface area contributed by atoms with Crippen LogP contribution in [0.15, 0.2) is 36.4 Å². The predicted octanol–water partition coefficient (Wildman–Crippen LogP) is 0.669. The number of rotatable bonds is 6. The zero-order valence-corrected chi connectivity index (χ0v) is 10.8. The molecule has 0 saturated carbocycles. The van der Waals surface area contributed by atoms with Crippen LogP contribution < -0.4 is 0 Å². The Morgan fingerprint density at radius 1 is 0.900 bits per heavy atom. The summed E-state index contributed by atoms with van der Waals surface area (Å²) in [6.07, 6.45) is -1.19. The fraction of sp³-hybridized carbons (Fsp3) is 0.286. The van der Waals surface area contributed by atoms with Crippen LogP contribution in [0.25, 0.3) is 0 Å². The van der Waals surface area contributed by atoms with Gasteiger partial charge in [-0.05, 0) is 24.3 Å². The highest BCUT2D eigenvalue weighted by molar-refractivity contribution is 5.12.